The lowest BCUT2D eigenvalue weighted by Gasteiger charge is -2.44. The molecular weight excluding hydrogens is 815 g/mol. The number of carbonyl (C=O) groups excluding carboxylic acids is 4. The smallest absolute Gasteiger partial charge is 0.338 e. The minimum Gasteiger partial charge on any atom is -0.459 e. The molecule has 0 amide bonds. The van der Waals surface area contributed by atoms with E-state index in [0.717, 1.165) is 5.56 Å². The molecule has 0 spiro atoms. The molecule has 0 aromatic heterocycles. The lowest BCUT2D eigenvalue weighted by molar-refractivity contribution is -0.278. The fourth-order valence-corrected chi connectivity index (χ4v) is 7.28. The minimum absolute atomic E-state index is 0.0787. The molecule has 1 heterocycles. The third-order valence-corrected chi connectivity index (χ3v) is 10.8. The average Bonchev–Trinajstić information content (AvgIpc) is 3.31. The van der Waals surface area contributed by atoms with Gasteiger partial charge in [-0.25, -0.2) is 19.2 Å². The first-order chi connectivity index (χ1) is 30.1. The Morgan fingerprint density at radius 3 is 1.32 bits per heavy atom. The Balaban J connectivity index is 1.36. The Morgan fingerprint density at radius 1 is 0.484 bits per heavy atom. The molecule has 3 unspecified atom stereocenters. The highest BCUT2D eigenvalue weighted by Crippen LogP contribution is 2.33. The third kappa shape index (κ3) is 10.7. The van der Waals surface area contributed by atoms with Gasteiger partial charge in [0.05, 0.1) is 27.1 Å². The number of ether oxygens (including phenoxy) is 6. The molecule has 1 fully saturated rings. The van der Waals surface area contributed by atoms with Crippen molar-refractivity contribution in [3.05, 3.63) is 209 Å². The van der Waals surface area contributed by atoms with E-state index in [1.165, 1.54) is 72.8 Å². The van der Waals surface area contributed by atoms with Crippen LogP contribution in [0.3, 0.4) is 0 Å². The number of rotatable bonds is 13. The SMILES string of the molecule is Cc1ccc(S(=O)(=O)/N=C(\O[C@H]2OC(COC(=O)c3ccccc3)[C@@H](OC(=O)c3ccccc3)C(OC(=O)c3ccccc3)C2OC(=O)c2ccccc2)c2ccccc2)cc1. The molecule has 0 radical (unpaired) electrons. The number of hydrogen-bond donors (Lipinski definition) is 0. The molecule has 6 aromatic carbocycles. The fraction of sp³-hybridized carbons (Fsp3) is 0.146. The fourth-order valence-electron chi connectivity index (χ4n) is 6.33. The van der Waals surface area contributed by atoms with Crippen LogP contribution in [0.15, 0.2) is 185 Å². The van der Waals surface area contributed by atoms with Crippen LogP contribution in [0.25, 0.3) is 0 Å². The lowest BCUT2D eigenvalue weighted by Crippen LogP contribution is -2.63. The maximum atomic E-state index is 14.0. The van der Waals surface area contributed by atoms with Crippen molar-refractivity contribution in [2.45, 2.75) is 42.5 Å². The van der Waals surface area contributed by atoms with Crippen molar-refractivity contribution in [3.63, 3.8) is 0 Å². The number of esters is 4. The Labute approximate surface area is 357 Å². The van der Waals surface area contributed by atoms with E-state index < -0.39 is 77.1 Å². The van der Waals surface area contributed by atoms with Gasteiger partial charge in [-0.1, -0.05) is 109 Å². The van der Waals surface area contributed by atoms with Crippen LogP contribution in [0.5, 0.6) is 0 Å². The van der Waals surface area contributed by atoms with Crippen molar-refractivity contribution in [2.24, 2.45) is 4.40 Å². The van der Waals surface area contributed by atoms with E-state index >= 15 is 0 Å². The summed E-state index contributed by atoms with van der Waals surface area (Å²) in [5.41, 5.74) is 1.44. The van der Waals surface area contributed by atoms with Gasteiger partial charge >= 0.3 is 23.9 Å². The second-order valence-corrected chi connectivity index (χ2v) is 15.5. The minimum atomic E-state index is -4.47. The number of aryl methyl sites for hydroxylation is 1. The maximum absolute atomic E-state index is 14.0. The van der Waals surface area contributed by atoms with Crippen molar-refractivity contribution in [3.8, 4) is 0 Å². The van der Waals surface area contributed by atoms with E-state index in [9.17, 15) is 27.6 Å². The normalized spacial score (nSPS) is 18.7. The molecule has 6 aromatic rings. The van der Waals surface area contributed by atoms with Gasteiger partial charge in [0.25, 0.3) is 10.0 Å². The molecule has 14 heteroatoms. The molecule has 0 N–H and O–H groups in total. The van der Waals surface area contributed by atoms with Crippen molar-refractivity contribution >= 4 is 39.8 Å². The molecule has 5 atom stereocenters. The van der Waals surface area contributed by atoms with Crippen LogP contribution < -0.4 is 0 Å². The van der Waals surface area contributed by atoms with Crippen LogP contribution >= 0.6 is 0 Å². The monoisotopic (exact) mass is 853 g/mol. The predicted octanol–water partition coefficient (Wildman–Crippen LogP) is 7.41. The van der Waals surface area contributed by atoms with E-state index in [-0.39, 0.29) is 32.7 Å². The standard InChI is InChI=1S/C48H39NO12S/c1-32-27-29-38(30-28-32)62(54,55)49-43(33-17-7-2-8-18-33)61-48-42(60-47(53)37-25-15-6-16-26-37)41(59-46(52)36-23-13-5-14-24-36)40(58-45(51)35-21-11-4-12-22-35)39(57-48)31-56-44(50)34-19-9-3-10-20-34/h2-30,39-42,48H,31H2,1H3/b49-43-/t39?,40-,41?,42?,48-/m1/s1. The van der Waals surface area contributed by atoms with Gasteiger partial charge in [-0.15, -0.1) is 4.40 Å². The molecule has 7 rings (SSSR count). The third-order valence-electron chi connectivity index (χ3n) is 9.51. The molecule has 62 heavy (non-hydrogen) atoms. The summed E-state index contributed by atoms with van der Waals surface area (Å²) in [5.74, 6) is -4.00. The van der Waals surface area contributed by atoms with E-state index in [1.54, 1.807) is 110 Å². The van der Waals surface area contributed by atoms with Crippen LogP contribution in [0.2, 0.25) is 0 Å². The zero-order valence-corrected chi connectivity index (χ0v) is 33.9. The van der Waals surface area contributed by atoms with E-state index in [2.05, 4.69) is 4.40 Å². The highest BCUT2D eigenvalue weighted by Gasteiger charge is 2.54. The first-order valence-electron chi connectivity index (χ1n) is 19.4. The largest absolute Gasteiger partial charge is 0.459 e. The van der Waals surface area contributed by atoms with Gasteiger partial charge in [-0.3, -0.25) is 0 Å². The van der Waals surface area contributed by atoms with Crippen molar-refractivity contribution in [1.82, 2.24) is 0 Å². The summed E-state index contributed by atoms with van der Waals surface area (Å²) in [6.45, 7) is 1.17. The van der Waals surface area contributed by atoms with E-state index in [1.807, 2.05) is 0 Å². The van der Waals surface area contributed by atoms with Crippen molar-refractivity contribution in [1.29, 1.82) is 0 Å². The molecule has 1 aliphatic heterocycles. The Hall–Kier alpha value is -7.42. The first kappa shape index (κ1) is 42.7. The Bertz CT molecular complexity index is 2610. The number of hydrogen-bond acceptors (Lipinski definition) is 12. The summed E-state index contributed by atoms with van der Waals surface area (Å²) in [6, 6.07) is 45.7. The highest BCUT2D eigenvalue weighted by atomic mass is 32.2. The van der Waals surface area contributed by atoms with Crippen LogP contribution in [0.4, 0.5) is 0 Å². The predicted molar refractivity (Wildman–Crippen MR) is 225 cm³/mol. The molecule has 1 saturated heterocycles. The van der Waals surface area contributed by atoms with Gasteiger partial charge in [-0.2, -0.15) is 8.42 Å². The van der Waals surface area contributed by atoms with Crippen LogP contribution in [0.1, 0.15) is 52.6 Å². The van der Waals surface area contributed by atoms with Crippen LogP contribution in [-0.2, 0) is 38.4 Å². The zero-order chi connectivity index (χ0) is 43.5. The Morgan fingerprint density at radius 2 is 0.871 bits per heavy atom. The summed E-state index contributed by atoms with van der Waals surface area (Å²) in [6.07, 6.45) is -8.59. The van der Waals surface area contributed by atoms with Gasteiger partial charge in [0, 0.05) is 5.56 Å². The van der Waals surface area contributed by atoms with Gasteiger partial charge in [0.1, 0.15) is 12.7 Å². The molecule has 13 nitrogen and oxygen atoms in total. The number of carbonyl (C=O) groups is 4. The lowest BCUT2D eigenvalue weighted by atomic mass is 9.97. The quantitative estimate of drug-likeness (QED) is 0.0489. The number of nitrogens with zero attached hydrogens (tertiary/aromatic N) is 1. The molecule has 0 saturated carbocycles. The molecule has 0 bridgehead atoms. The highest BCUT2D eigenvalue weighted by molar-refractivity contribution is 7.90. The average molecular weight is 854 g/mol. The molecule has 314 valence electrons. The van der Waals surface area contributed by atoms with Crippen LogP contribution in [0, 0.1) is 6.92 Å². The Kier molecular flexibility index (Phi) is 13.6. The summed E-state index contributed by atoms with van der Waals surface area (Å²) < 4.78 is 68.7. The van der Waals surface area contributed by atoms with Crippen molar-refractivity contribution in [2.75, 3.05) is 6.61 Å². The number of benzene rings is 6. The van der Waals surface area contributed by atoms with Gasteiger partial charge in [0.15, 0.2) is 12.2 Å². The van der Waals surface area contributed by atoms with E-state index in [4.69, 9.17) is 28.4 Å². The van der Waals surface area contributed by atoms with Gasteiger partial charge < -0.3 is 28.4 Å². The van der Waals surface area contributed by atoms with Crippen LogP contribution in [-0.4, -0.2) is 75.5 Å². The molecular formula is C48H39NO12S. The molecule has 1 aliphatic rings. The zero-order valence-electron chi connectivity index (χ0n) is 33.1. The summed E-state index contributed by atoms with van der Waals surface area (Å²) in [4.78, 5) is 55.1. The topological polar surface area (TPSA) is 170 Å². The summed E-state index contributed by atoms with van der Waals surface area (Å²) >= 11 is 0. The van der Waals surface area contributed by atoms with Gasteiger partial charge in [0.2, 0.25) is 18.3 Å². The maximum Gasteiger partial charge on any atom is 0.338 e. The molecule has 0 aliphatic carbocycles. The van der Waals surface area contributed by atoms with Gasteiger partial charge in [-0.05, 0) is 79.7 Å². The first-order valence-corrected chi connectivity index (χ1v) is 20.8. The summed E-state index contributed by atoms with van der Waals surface area (Å²) in [7, 11) is -4.47. The second-order valence-electron chi connectivity index (χ2n) is 13.9. The number of sulfonamides is 1. The second kappa shape index (κ2) is 19.8. The van der Waals surface area contributed by atoms with Crippen molar-refractivity contribution < 1.29 is 56.0 Å². The van der Waals surface area contributed by atoms with E-state index in [0.29, 0.717) is 0 Å². The summed E-state index contributed by atoms with van der Waals surface area (Å²) in [5, 5.41) is 0.